The van der Waals surface area contributed by atoms with Crippen molar-refractivity contribution >= 4 is 6.16 Å². The van der Waals surface area contributed by atoms with Gasteiger partial charge >= 0.3 is 12.3 Å². The van der Waals surface area contributed by atoms with Crippen molar-refractivity contribution in [2.45, 2.75) is 12.5 Å². The highest BCUT2D eigenvalue weighted by molar-refractivity contribution is 5.61. The molecule has 8 heteroatoms. The highest BCUT2D eigenvalue weighted by Crippen LogP contribution is 2.19. The van der Waals surface area contributed by atoms with E-state index in [1.54, 1.807) is 0 Å². The Morgan fingerprint density at radius 1 is 1.60 bits per heavy atom. The summed E-state index contributed by atoms with van der Waals surface area (Å²) in [4.78, 5) is 10.3. The number of rotatable bonds is 3. The number of alkyl halides is 3. The minimum absolute atomic E-state index is 0.266. The minimum Gasteiger partial charge on any atom is -0.428 e. The Morgan fingerprint density at radius 3 is 2.73 bits per heavy atom. The lowest BCUT2D eigenvalue weighted by molar-refractivity contribution is -0.0887. The molecule has 1 aliphatic heterocycles. The fourth-order valence-electron chi connectivity index (χ4n) is 0.785. The van der Waals surface area contributed by atoms with Crippen LogP contribution < -0.4 is 0 Å². The number of allylic oxidation sites excluding steroid dienone is 1. The van der Waals surface area contributed by atoms with Crippen molar-refractivity contribution in [2.24, 2.45) is 0 Å². The lowest BCUT2D eigenvalue weighted by atomic mass is 10.5. The maximum atomic E-state index is 12.5. The maximum Gasteiger partial charge on any atom is 0.510 e. The van der Waals surface area contributed by atoms with Gasteiger partial charge in [-0.15, -0.1) is 0 Å². The van der Waals surface area contributed by atoms with E-state index in [2.05, 4.69) is 14.2 Å². The molecule has 1 rings (SSSR count). The number of carbonyl (C=O) groups is 1. The summed E-state index contributed by atoms with van der Waals surface area (Å²) in [6, 6.07) is 0. The van der Waals surface area contributed by atoms with Crippen molar-refractivity contribution in [1.29, 1.82) is 0 Å². The van der Waals surface area contributed by atoms with Crippen LogP contribution in [-0.4, -0.2) is 31.8 Å². The van der Waals surface area contributed by atoms with Gasteiger partial charge in [-0.05, 0) is 0 Å². The smallest absolute Gasteiger partial charge is 0.428 e. The number of halogens is 4. The van der Waals surface area contributed by atoms with Crippen LogP contribution in [0.1, 0.15) is 0 Å². The standard InChI is InChI=1S/C7H6F4O4/c8-4(1-7(9,10)11)2-13-5-3-14-6(12)15-5/h1,5H,2-3H2. The zero-order valence-corrected chi connectivity index (χ0v) is 7.21. The topological polar surface area (TPSA) is 44.8 Å². The Balaban J connectivity index is 2.31. The second-order valence-corrected chi connectivity index (χ2v) is 2.55. The van der Waals surface area contributed by atoms with Gasteiger partial charge in [0.15, 0.2) is 6.61 Å². The zero-order valence-electron chi connectivity index (χ0n) is 7.21. The molecular weight excluding hydrogens is 224 g/mol. The molecular formula is C7H6F4O4. The molecule has 0 bridgehead atoms. The second kappa shape index (κ2) is 4.47. The van der Waals surface area contributed by atoms with Crippen LogP contribution in [0.4, 0.5) is 22.4 Å². The summed E-state index contributed by atoms with van der Waals surface area (Å²) in [6.45, 7) is -1.20. The number of carbonyl (C=O) groups excluding carboxylic acids is 1. The van der Waals surface area contributed by atoms with Crippen LogP contribution in [0.5, 0.6) is 0 Å². The molecule has 15 heavy (non-hydrogen) atoms. The molecule has 0 spiro atoms. The van der Waals surface area contributed by atoms with E-state index in [1.807, 2.05) is 0 Å². The predicted octanol–water partition coefficient (Wildman–Crippen LogP) is 1.91. The molecule has 1 fully saturated rings. The Hall–Kier alpha value is -1.31. The number of ether oxygens (including phenoxy) is 3. The summed E-state index contributed by atoms with van der Waals surface area (Å²) in [6.07, 6.45) is -7.44. The third-order valence-electron chi connectivity index (χ3n) is 1.29. The summed E-state index contributed by atoms with van der Waals surface area (Å²) in [7, 11) is 0. The molecule has 1 aliphatic rings. The second-order valence-electron chi connectivity index (χ2n) is 2.55. The first-order valence-corrected chi connectivity index (χ1v) is 3.76. The highest BCUT2D eigenvalue weighted by Gasteiger charge is 2.28. The zero-order chi connectivity index (χ0) is 11.5. The van der Waals surface area contributed by atoms with Gasteiger partial charge in [0.05, 0.1) is 6.08 Å². The van der Waals surface area contributed by atoms with E-state index in [0.29, 0.717) is 0 Å². The molecule has 0 radical (unpaired) electrons. The van der Waals surface area contributed by atoms with Gasteiger partial charge in [0.1, 0.15) is 12.4 Å². The van der Waals surface area contributed by atoms with Crippen LogP contribution in [-0.2, 0) is 14.2 Å². The minimum atomic E-state index is -4.74. The van der Waals surface area contributed by atoms with Crippen LogP contribution in [0, 0.1) is 0 Å². The first-order valence-electron chi connectivity index (χ1n) is 3.76. The van der Waals surface area contributed by atoms with Crippen molar-refractivity contribution < 1.29 is 36.6 Å². The molecule has 0 aromatic rings. The lowest BCUT2D eigenvalue weighted by Gasteiger charge is -2.07. The summed E-state index contributed by atoms with van der Waals surface area (Å²) in [5, 5.41) is 0. The lowest BCUT2D eigenvalue weighted by Crippen LogP contribution is -2.16. The Kier molecular flexibility index (Phi) is 3.51. The van der Waals surface area contributed by atoms with Gasteiger partial charge in [-0.1, -0.05) is 0 Å². The molecule has 4 nitrogen and oxygen atoms in total. The van der Waals surface area contributed by atoms with Gasteiger partial charge in [-0.3, -0.25) is 0 Å². The first kappa shape index (κ1) is 11.8. The monoisotopic (exact) mass is 230 g/mol. The molecule has 86 valence electrons. The van der Waals surface area contributed by atoms with E-state index in [9.17, 15) is 22.4 Å². The van der Waals surface area contributed by atoms with Crippen LogP contribution in [0.25, 0.3) is 0 Å². The summed E-state index contributed by atoms with van der Waals surface area (Å²) >= 11 is 0. The molecule has 1 unspecified atom stereocenters. The van der Waals surface area contributed by atoms with Gasteiger partial charge in [0.2, 0.25) is 6.29 Å². The largest absolute Gasteiger partial charge is 0.510 e. The third kappa shape index (κ3) is 4.63. The average molecular weight is 230 g/mol. The van der Waals surface area contributed by atoms with E-state index in [4.69, 9.17) is 0 Å². The molecule has 0 N–H and O–H groups in total. The van der Waals surface area contributed by atoms with Crippen LogP contribution >= 0.6 is 0 Å². The molecule has 0 aliphatic carbocycles. The van der Waals surface area contributed by atoms with E-state index < -0.39 is 37.1 Å². The van der Waals surface area contributed by atoms with E-state index >= 15 is 0 Å². The third-order valence-corrected chi connectivity index (χ3v) is 1.29. The molecule has 0 aromatic carbocycles. The fraction of sp³-hybridized carbons (Fsp3) is 0.571. The number of hydrogen-bond acceptors (Lipinski definition) is 4. The SMILES string of the molecule is O=C1OCC(OCC(F)=CC(F)(F)F)O1. The fourth-order valence-corrected chi connectivity index (χ4v) is 0.785. The van der Waals surface area contributed by atoms with Gasteiger partial charge in [0.25, 0.3) is 0 Å². The van der Waals surface area contributed by atoms with E-state index in [1.165, 1.54) is 0 Å². The van der Waals surface area contributed by atoms with Crippen LogP contribution in [0.15, 0.2) is 11.9 Å². The number of cyclic esters (lactones) is 2. The molecule has 0 aromatic heterocycles. The van der Waals surface area contributed by atoms with E-state index in [0.717, 1.165) is 0 Å². The molecule has 0 saturated carbocycles. The predicted molar refractivity (Wildman–Crippen MR) is 37.4 cm³/mol. The van der Waals surface area contributed by atoms with Crippen molar-refractivity contribution in [3.05, 3.63) is 11.9 Å². The van der Waals surface area contributed by atoms with Gasteiger partial charge in [-0.2, -0.15) is 13.2 Å². The van der Waals surface area contributed by atoms with Crippen LogP contribution in [0.3, 0.4) is 0 Å². The van der Waals surface area contributed by atoms with Crippen molar-refractivity contribution in [3.8, 4) is 0 Å². The van der Waals surface area contributed by atoms with Gasteiger partial charge < -0.3 is 14.2 Å². The molecule has 1 heterocycles. The van der Waals surface area contributed by atoms with Crippen molar-refractivity contribution in [1.82, 2.24) is 0 Å². The van der Waals surface area contributed by atoms with Gasteiger partial charge in [-0.25, -0.2) is 9.18 Å². The first-order chi connectivity index (χ1) is 6.87. The summed E-state index contributed by atoms with van der Waals surface area (Å²) in [5.74, 6) is -1.51. The Labute approximate surface area is 81.4 Å². The summed E-state index contributed by atoms with van der Waals surface area (Å²) in [5.41, 5.74) is 0. The van der Waals surface area contributed by atoms with Crippen molar-refractivity contribution in [3.63, 3.8) is 0 Å². The summed E-state index contributed by atoms with van der Waals surface area (Å²) < 4.78 is 60.2. The molecule has 0 amide bonds. The molecule has 1 atom stereocenters. The van der Waals surface area contributed by atoms with Gasteiger partial charge in [0, 0.05) is 0 Å². The maximum absolute atomic E-state index is 12.5. The Morgan fingerprint density at radius 2 is 2.27 bits per heavy atom. The highest BCUT2D eigenvalue weighted by atomic mass is 19.4. The van der Waals surface area contributed by atoms with E-state index in [-0.39, 0.29) is 6.61 Å². The quantitative estimate of drug-likeness (QED) is 0.548. The van der Waals surface area contributed by atoms with Crippen LogP contribution in [0.2, 0.25) is 0 Å². The normalized spacial score (nSPS) is 22.5. The Bertz CT molecular complexity index is 273. The van der Waals surface area contributed by atoms with Crippen molar-refractivity contribution in [2.75, 3.05) is 13.2 Å². The molecule has 1 saturated heterocycles. The number of hydrogen-bond donors (Lipinski definition) is 0. The average Bonchev–Trinajstić information content (AvgIpc) is 2.45.